The second-order valence-electron chi connectivity index (χ2n) is 3.93. The first-order chi connectivity index (χ1) is 7.86. The summed E-state index contributed by atoms with van der Waals surface area (Å²) >= 11 is 5.91. The molecule has 0 bridgehead atoms. The minimum absolute atomic E-state index is 0.00293. The number of nitrogens with one attached hydrogen (secondary N) is 1. The molecule has 1 N–H and O–H groups in total. The minimum Gasteiger partial charge on any atom is -0.337 e. The highest BCUT2D eigenvalue weighted by atomic mass is 35.5. The van der Waals surface area contributed by atoms with Crippen LogP contribution in [0.2, 0.25) is 0 Å². The van der Waals surface area contributed by atoms with Crippen LogP contribution in [0.4, 0.5) is 0 Å². The molecule has 0 amide bonds. The fourth-order valence-electron chi connectivity index (χ4n) is 1.28. The van der Waals surface area contributed by atoms with Crippen molar-refractivity contribution >= 4 is 21.6 Å². The highest BCUT2D eigenvalue weighted by Crippen LogP contribution is 2.09. The summed E-state index contributed by atoms with van der Waals surface area (Å²) in [4.78, 5) is 3.98. The summed E-state index contributed by atoms with van der Waals surface area (Å²) < 4.78 is 27.8. The molecule has 1 rings (SSSR count). The van der Waals surface area contributed by atoms with Crippen molar-refractivity contribution in [3.63, 3.8) is 0 Å². The summed E-state index contributed by atoms with van der Waals surface area (Å²) in [6, 6.07) is 0. The van der Waals surface area contributed by atoms with E-state index in [9.17, 15) is 8.42 Å². The summed E-state index contributed by atoms with van der Waals surface area (Å²) in [5.41, 5.74) is 0. The van der Waals surface area contributed by atoms with Gasteiger partial charge in [-0.2, -0.15) is 0 Å². The molecule has 1 unspecified atom stereocenters. The van der Waals surface area contributed by atoms with Crippen LogP contribution in [-0.2, 0) is 17.1 Å². The van der Waals surface area contributed by atoms with Crippen molar-refractivity contribution in [3.8, 4) is 0 Å². The Morgan fingerprint density at radius 1 is 1.59 bits per heavy atom. The van der Waals surface area contributed by atoms with Crippen molar-refractivity contribution < 1.29 is 8.42 Å². The van der Waals surface area contributed by atoms with Gasteiger partial charge in [0, 0.05) is 25.2 Å². The van der Waals surface area contributed by atoms with Crippen LogP contribution >= 0.6 is 11.6 Å². The molecule has 0 aliphatic heterocycles. The van der Waals surface area contributed by atoms with Gasteiger partial charge in [-0.05, 0) is 19.8 Å². The Morgan fingerprint density at radius 2 is 2.24 bits per heavy atom. The van der Waals surface area contributed by atoms with Crippen molar-refractivity contribution in [3.05, 3.63) is 12.0 Å². The maximum atomic E-state index is 11.8. The molecule has 1 aromatic rings. The number of nitrogens with zero attached hydrogens (tertiary/aromatic N) is 2. The van der Waals surface area contributed by atoms with Gasteiger partial charge in [0.1, 0.15) is 5.82 Å². The van der Waals surface area contributed by atoms with Crippen molar-refractivity contribution in [2.45, 2.75) is 37.1 Å². The van der Waals surface area contributed by atoms with Gasteiger partial charge in [-0.1, -0.05) is 6.92 Å². The molecule has 0 saturated heterocycles. The third-order valence-corrected chi connectivity index (χ3v) is 4.41. The summed E-state index contributed by atoms with van der Waals surface area (Å²) in [5, 5.41) is 0.0586. The summed E-state index contributed by atoms with van der Waals surface area (Å²) in [6.45, 7) is 4.05. The number of rotatable bonds is 6. The van der Waals surface area contributed by atoms with Crippen molar-refractivity contribution in [2.24, 2.45) is 7.05 Å². The zero-order valence-corrected chi connectivity index (χ0v) is 11.8. The van der Waals surface area contributed by atoms with E-state index in [-0.39, 0.29) is 10.4 Å². The number of hydrogen-bond donors (Lipinski definition) is 1. The number of alkyl halides is 1. The Morgan fingerprint density at radius 3 is 2.71 bits per heavy atom. The van der Waals surface area contributed by atoms with Crippen molar-refractivity contribution in [1.29, 1.82) is 0 Å². The summed E-state index contributed by atoms with van der Waals surface area (Å²) in [6.07, 6.45) is 2.94. The topological polar surface area (TPSA) is 64.0 Å². The van der Waals surface area contributed by atoms with Crippen molar-refractivity contribution in [2.75, 3.05) is 6.54 Å². The molecule has 0 aliphatic carbocycles. The molecule has 7 heteroatoms. The largest absolute Gasteiger partial charge is 0.337 e. The standard InChI is InChI=1S/C10H18ClN3O2S/c1-4-9(11)5-6-12-17(15,16)10-7-14(3)8(2)13-10/h7,9,12H,4-6H2,1-3H3. The van der Waals surface area contributed by atoms with E-state index in [1.54, 1.807) is 18.5 Å². The van der Waals surface area contributed by atoms with E-state index in [1.165, 1.54) is 6.20 Å². The number of sulfonamides is 1. The Bertz CT molecular complexity index is 450. The molecular formula is C10H18ClN3O2S. The van der Waals surface area contributed by atoms with Crippen LogP contribution in [0.15, 0.2) is 11.2 Å². The average Bonchev–Trinajstić information content (AvgIpc) is 2.59. The highest BCUT2D eigenvalue weighted by Gasteiger charge is 2.18. The lowest BCUT2D eigenvalue weighted by Crippen LogP contribution is -2.26. The lowest BCUT2D eigenvalue weighted by atomic mass is 10.2. The molecule has 0 spiro atoms. The lowest BCUT2D eigenvalue weighted by molar-refractivity contribution is 0.573. The number of hydrogen-bond acceptors (Lipinski definition) is 3. The lowest BCUT2D eigenvalue weighted by Gasteiger charge is -2.07. The average molecular weight is 280 g/mol. The zero-order valence-electron chi connectivity index (χ0n) is 10.3. The van der Waals surface area contributed by atoms with Crippen LogP contribution in [-0.4, -0.2) is 29.9 Å². The van der Waals surface area contributed by atoms with Gasteiger partial charge in [0.15, 0.2) is 5.03 Å². The van der Waals surface area contributed by atoms with Crippen LogP contribution in [0, 0.1) is 6.92 Å². The zero-order chi connectivity index (χ0) is 13.1. The van der Waals surface area contributed by atoms with E-state index >= 15 is 0 Å². The fraction of sp³-hybridized carbons (Fsp3) is 0.700. The van der Waals surface area contributed by atoms with Gasteiger partial charge in [0.25, 0.3) is 10.0 Å². The van der Waals surface area contributed by atoms with E-state index in [2.05, 4.69) is 9.71 Å². The predicted molar refractivity (Wildman–Crippen MR) is 67.7 cm³/mol. The van der Waals surface area contributed by atoms with Crippen LogP contribution in [0.25, 0.3) is 0 Å². The van der Waals surface area contributed by atoms with E-state index in [0.717, 1.165) is 6.42 Å². The first kappa shape index (κ1) is 14.5. The van der Waals surface area contributed by atoms with Gasteiger partial charge in [-0.3, -0.25) is 0 Å². The maximum Gasteiger partial charge on any atom is 0.259 e. The van der Waals surface area contributed by atoms with Crippen LogP contribution in [0.5, 0.6) is 0 Å². The van der Waals surface area contributed by atoms with Gasteiger partial charge >= 0.3 is 0 Å². The van der Waals surface area contributed by atoms with Gasteiger partial charge < -0.3 is 4.57 Å². The monoisotopic (exact) mass is 279 g/mol. The molecule has 98 valence electrons. The minimum atomic E-state index is -3.51. The number of aromatic nitrogens is 2. The fourth-order valence-corrected chi connectivity index (χ4v) is 2.48. The summed E-state index contributed by atoms with van der Waals surface area (Å²) in [5.74, 6) is 0.661. The van der Waals surface area contributed by atoms with Gasteiger partial charge in [-0.15, -0.1) is 11.6 Å². The van der Waals surface area contributed by atoms with E-state index < -0.39 is 10.0 Å². The number of aryl methyl sites for hydroxylation is 2. The first-order valence-corrected chi connectivity index (χ1v) is 7.42. The second-order valence-corrected chi connectivity index (χ2v) is 6.26. The molecule has 1 atom stereocenters. The molecule has 17 heavy (non-hydrogen) atoms. The smallest absolute Gasteiger partial charge is 0.259 e. The van der Waals surface area contributed by atoms with Crippen LogP contribution < -0.4 is 4.72 Å². The first-order valence-electron chi connectivity index (χ1n) is 5.50. The van der Waals surface area contributed by atoms with Gasteiger partial charge in [-0.25, -0.2) is 18.1 Å². The molecule has 1 heterocycles. The van der Waals surface area contributed by atoms with Crippen molar-refractivity contribution in [1.82, 2.24) is 14.3 Å². The Kier molecular flexibility index (Phi) is 4.97. The number of imidazole rings is 1. The summed E-state index contributed by atoms with van der Waals surface area (Å²) in [7, 11) is -1.75. The highest BCUT2D eigenvalue weighted by molar-refractivity contribution is 7.89. The number of halogens is 1. The Hall–Kier alpha value is -0.590. The van der Waals surface area contributed by atoms with Crippen LogP contribution in [0.3, 0.4) is 0 Å². The molecular weight excluding hydrogens is 262 g/mol. The molecule has 0 aliphatic rings. The third kappa shape index (κ3) is 3.97. The van der Waals surface area contributed by atoms with Gasteiger partial charge in [0.2, 0.25) is 0 Å². The molecule has 0 fully saturated rings. The Labute approximate surface area is 107 Å². The van der Waals surface area contributed by atoms with E-state index in [4.69, 9.17) is 11.6 Å². The molecule has 0 radical (unpaired) electrons. The molecule has 5 nitrogen and oxygen atoms in total. The van der Waals surface area contributed by atoms with E-state index in [1.807, 2.05) is 6.92 Å². The van der Waals surface area contributed by atoms with Gasteiger partial charge in [0.05, 0.1) is 0 Å². The molecule has 0 aromatic carbocycles. The predicted octanol–water partition coefficient (Wildman–Crippen LogP) is 1.41. The second kappa shape index (κ2) is 5.84. The molecule has 0 saturated carbocycles. The molecule has 1 aromatic heterocycles. The van der Waals surface area contributed by atoms with E-state index in [0.29, 0.717) is 18.8 Å². The maximum absolute atomic E-state index is 11.8. The van der Waals surface area contributed by atoms with Crippen LogP contribution in [0.1, 0.15) is 25.6 Å². The Balaban J connectivity index is 2.63. The normalized spacial score (nSPS) is 13.9. The SMILES string of the molecule is CCC(Cl)CCNS(=O)(=O)c1cn(C)c(C)n1. The third-order valence-electron chi connectivity index (χ3n) is 2.55. The quantitative estimate of drug-likeness (QED) is 0.801.